The third-order valence-electron chi connectivity index (χ3n) is 4.25. The summed E-state index contributed by atoms with van der Waals surface area (Å²) in [6.07, 6.45) is -8.49. The summed E-state index contributed by atoms with van der Waals surface area (Å²) in [5, 5.41) is 2.80. The Morgan fingerprint density at radius 2 is 1.89 bits per heavy atom. The summed E-state index contributed by atoms with van der Waals surface area (Å²) in [4.78, 5) is 16.7. The summed E-state index contributed by atoms with van der Waals surface area (Å²) in [6.45, 7) is 0.893. The maximum atomic E-state index is 13.0. The minimum absolute atomic E-state index is 0.191. The first-order valence-corrected chi connectivity index (χ1v) is 8.10. The molecule has 4 rings (SSSR count). The van der Waals surface area contributed by atoms with Gasteiger partial charge in [0.15, 0.2) is 0 Å². The van der Waals surface area contributed by atoms with Gasteiger partial charge in [0.2, 0.25) is 0 Å². The van der Waals surface area contributed by atoms with E-state index in [4.69, 9.17) is 0 Å². The molecule has 27 heavy (non-hydrogen) atoms. The first-order valence-electron chi connectivity index (χ1n) is 8.10. The number of alkyl halides is 4. The molecule has 1 aromatic heterocycles. The number of aromatic nitrogens is 2. The van der Waals surface area contributed by atoms with Gasteiger partial charge in [-0.05, 0) is 36.4 Å². The number of carbonyl (C=O) groups is 1. The van der Waals surface area contributed by atoms with Gasteiger partial charge in [0, 0.05) is 18.7 Å². The van der Waals surface area contributed by atoms with Crippen LogP contribution >= 0.6 is 0 Å². The molecule has 2 heterocycles. The molecule has 0 spiro atoms. The van der Waals surface area contributed by atoms with Crippen molar-refractivity contribution in [2.45, 2.75) is 19.1 Å². The predicted octanol–water partition coefficient (Wildman–Crippen LogP) is 3.68. The zero-order chi connectivity index (χ0) is 19.2. The first-order chi connectivity index (χ1) is 12.9. The van der Waals surface area contributed by atoms with E-state index in [1.165, 1.54) is 24.3 Å². The summed E-state index contributed by atoms with van der Waals surface area (Å²) in [7, 11) is 0. The van der Waals surface area contributed by atoms with Crippen LogP contribution in [0.2, 0.25) is 0 Å². The van der Waals surface area contributed by atoms with E-state index in [9.17, 15) is 22.4 Å². The number of hydrogen-bond acceptors (Lipinski definition) is 3. The molecule has 0 saturated heterocycles. The Kier molecular flexibility index (Phi) is 4.01. The van der Waals surface area contributed by atoms with Crippen molar-refractivity contribution in [3.63, 3.8) is 0 Å². The number of ether oxygens (including phenoxy) is 1. The van der Waals surface area contributed by atoms with Crippen molar-refractivity contribution in [2.75, 3.05) is 6.54 Å². The van der Waals surface area contributed by atoms with Crippen molar-refractivity contribution < 1.29 is 27.1 Å². The van der Waals surface area contributed by atoms with Gasteiger partial charge in [0.05, 0.1) is 16.6 Å². The van der Waals surface area contributed by atoms with Crippen LogP contribution in [0.5, 0.6) is 5.75 Å². The van der Waals surface area contributed by atoms with Crippen molar-refractivity contribution in [1.82, 2.24) is 14.9 Å². The van der Waals surface area contributed by atoms with Gasteiger partial charge < -0.3 is 14.6 Å². The minimum Gasteiger partial charge on any atom is -0.428 e. The highest BCUT2D eigenvalue weighted by Crippen LogP contribution is 2.31. The second-order valence-electron chi connectivity index (χ2n) is 6.01. The van der Waals surface area contributed by atoms with Crippen molar-refractivity contribution in [2.24, 2.45) is 0 Å². The second kappa shape index (κ2) is 6.26. The van der Waals surface area contributed by atoms with Crippen LogP contribution in [0, 0.1) is 0 Å². The standard InChI is InChI=1S/C18H13F4N3O2/c19-17(20)18(21,22)27-11-6-4-10(5-7-11)15-24-13-3-1-2-12-14(13)25(15)9-8-23-16(12)26/h1-7,17H,8-9H2,(H,23,26). The number of nitrogens with zero attached hydrogens (tertiary/aromatic N) is 2. The molecule has 0 fully saturated rings. The molecule has 0 atom stereocenters. The quantitative estimate of drug-likeness (QED) is 0.704. The molecule has 1 N–H and O–H groups in total. The number of halogens is 4. The van der Waals surface area contributed by atoms with Crippen molar-refractivity contribution in [3.05, 3.63) is 48.0 Å². The summed E-state index contributed by atoms with van der Waals surface area (Å²) in [6, 6.07) is 10.5. The minimum atomic E-state index is -4.56. The number of para-hydroxylation sites is 1. The highest BCUT2D eigenvalue weighted by molar-refractivity contribution is 6.06. The fourth-order valence-electron chi connectivity index (χ4n) is 3.06. The van der Waals surface area contributed by atoms with E-state index < -0.39 is 12.5 Å². The number of rotatable bonds is 4. The first kappa shape index (κ1) is 17.3. The number of carbonyl (C=O) groups excluding carboxylic acids is 1. The highest BCUT2D eigenvalue weighted by Gasteiger charge is 2.43. The number of amides is 1. The van der Waals surface area contributed by atoms with Crippen LogP contribution in [0.4, 0.5) is 17.6 Å². The Labute approximate surface area is 150 Å². The Bertz CT molecular complexity index is 1020. The van der Waals surface area contributed by atoms with Crippen molar-refractivity contribution in [1.29, 1.82) is 0 Å². The molecule has 0 aliphatic carbocycles. The average molecular weight is 379 g/mol. The van der Waals surface area contributed by atoms with E-state index in [0.29, 0.717) is 41.1 Å². The van der Waals surface area contributed by atoms with Crippen LogP contribution in [-0.2, 0) is 6.54 Å². The maximum absolute atomic E-state index is 13.0. The van der Waals surface area contributed by atoms with Crippen LogP contribution in [0.1, 0.15) is 10.4 Å². The van der Waals surface area contributed by atoms with Crippen molar-refractivity contribution in [3.8, 4) is 17.1 Å². The molecule has 0 radical (unpaired) electrons. The fraction of sp³-hybridized carbons (Fsp3) is 0.222. The maximum Gasteiger partial charge on any atom is 0.461 e. The topological polar surface area (TPSA) is 56.2 Å². The molecule has 9 heteroatoms. The lowest BCUT2D eigenvalue weighted by molar-refractivity contribution is -0.253. The Morgan fingerprint density at radius 3 is 2.59 bits per heavy atom. The van der Waals surface area contributed by atoms with Gasteiger partial charge in [-0.2, -0.15) is 17.6 Å². The van der Waals surface area contributed by atoms with Gasteiger partial charge in [-0.1, -0.05) is 6.07 Å². The lowest BCUT2D eigenvalue weighted by atomic mass is 10.1. The van der Waals surface area contributed by atoms with Gasteiger partial charge in [0.25, 0.3) is 5.91 Å². The number of hydrogen-bond donors (Lipinski definition) is 1. The number of benzene rings is 2. The molecule has 5 nitrogen and oxygen atoms in total. The van der Waals surface area contributed by atoms with Crippen LogP contribution < -0.4 is 10.1 Å². The lowest BCUT2D eigenvalue weighted by Gasteiger charge is -2.17. The SMILES string of the molecule is O=C1NCCn2c(-c3ccc(OC(F)(F)C(F)F)cc3)nc3cccc1c32. The summed E-state index contributed by atoms with van der Waals surface area (Å²) >= 11 is 0. The molecule has 0 unspecified atom stereocenters. The lowest BCUT2D eigenvalue weighted by Crippen LogP contribution is -2.33. The van der Waals surface area contributed by atoms with Crippen LogP contribution in [0.3, 0.4) is 0 Å². The number of imidazole rings is 1. The Hall–Kier alpha value is -3.10. The predicted molar refractivity (Wildman–Crippen MR) is 89.1 cm³/mol. The molecule has 3 aromatic rings. The molecule has 140 valence electrons. The van der Waals surface area contributed by atoms with Gasteiger partial charge in [-0.3, -0.25) is 4.79 Å². The van der Waals surface area contributed by atoms with E-state index in [-0.39, 0.29) is 11.7 Å². The molecule has 0 saturated carbocycles. The normalized spacial score (nSPS) is 14.3. The zero-order valence-electron chi connectivity index (χ0n) is 13.8. The third-order valence-corrected chi connectivity index (χ3v) is 4.25. The van der Waals surface area contributed by atoms with E-state index >= 15 is 0 Å². The Morgan fingerprint density at radius 1 is 1.15 bits per heavy atom. The second-order valence-corrected chi connectivity index (χ2v) is 6.01. The van der Waals surface area contributed by atoms with Gasteiger partial charge in [-0.15, -0.1) is 0 Å². The summed E-state index contributed by atoms with van der Waals surface area (Å²) in [5.74, 6) is -0.0292. The average Bonchev–Trinajstić information content (AvgIpc) is 2.91. The molecular weight excluding hydrogens is 366 g/mol. The van der Waals surface area contributed by atoms with Crippen molar-refractivity contribution >= 4 is 16.9 Å². The molecule has 1 amide bonds. The molecule has 1 aliphatic rings. The van der Waals surface area contributed by atoms with Crippen LogP contribution in [0.25, 0.3) is 22.4 Å². The number of nitrogens with one attached hydrogen (secondary N) is 1. The smallest absolute Gasteiger partial charge is 0.428 e. The van der Waals surface area contributed by atoms with Gasteiger partial charge >= 0.3 is 12.5 Å². The zero-order valence-corrected chi connectivity index (χ0v) is 13.8. The van der Waals surface area contributed by atoms with Gasteiger partial charge in [0.1, 0.15) is 11.6 Å². The fourth-order valence-corrected chi connectivity index (χ4v) is 3.06. The van der Waals surface area contributed by atoms with Gasteiger partial charge in [-0.25, -0.2) is 4.98 Å². The van der Waals surface area contributed by atoms with E-state index in [1.54, 1.807) is 18.2 Å². The molecule has 2 aromatic carbocycles. The highest BCUT2D eigenvalue weighted by atomic mass is 19.3. The monoisotopic (exact) mass is 379 g/mol. The molecular formula is C18H13F4N3O2. The third kappa shape index (κ3) is 2.98. The molecule has 0 bridgehead atoms. The Balaban J connectivity index is 1.74. The van der Waals surface area contributed by atoms with Crippen LogP contribution in [0.15, 0.2) is 42.5 Å². The van der Waals surface area contributed by atoms with E-state index in [1.807, 2.05) is 4.57 Å². The molecule has 1 aliphatic heterocycles. The largest absolute Gasteiger partial charge is 0.461 e. The summed E-state index contributed by atoms with van der Waals surface area (Å²) < 4.78 is 56.5. The van der Waals surface area contributed by atoms with Crippen LogP contribution in [-0.4, -0.2) is 34.5 Å². The summed E-state index contributed by atoms with van der Waals surface area (Å²) in [5.41, 5.74) is 2.40. The van der Waals surface area contributed by atoms with E-state index in [2.05, 4.69) is 15.0 Å². The van der Waals surface area contributed by atoms with E-state index in [0.717, 1.165) is 0 Å².